The summed E-state index contributed by atoms with van der Waals surface area (Å²) in [6.45, 7) is 0. The van der Waals surface area contributed by atoms with Gasteiger partial charge >= 0.3 is 0 Å². The molecular formula is C53H34O4. The Bertz CT molecular complexity index is 2500. The molecule has 1 aliphatic carbocycles. The van der Waals surface area contributed by atoms with Crippen molar-refractivity contribution in [2.45, 2.75) is 5.41 Å². The molecule has 0 amide bonds. The van der Waals surface area contributed by atoms with Gasteiger partial charge in [0.1, 0.15) is 0 Å². The second-order valence-corrected chi connectivity index (χ2v) is 14.2. The van der Waals surface area contributed by atoms with Crippen LogP contribution in [0.15, 0.2) is 206 Å². The second kappa shape index (κ2) is 14.6. The van der Waals surface area contributed by atoms with Crippen molar-refractivity contribution in [1.29, 1.82) is 0 Å². The van der Waals surface area contributed by atoms with Gasteiger partial charge in [-0.15, -0.1) is 0 Å². The van der Waals surface area contributed by atoms with Crippen molar-refractivity contribution in [2.24, 2.45) is 0 Å². The summed E-state index contributed by atoms with van der Waals surface area (Å²) in [5.74, 6) is -0.936. The van der Waals surface area contributed by atoms with Crippen LogP contribution >= 0.6 is 0 Å². The fraction of sp³-hybridized carbons (Fsp3) is 0.0189. The first-order valence-corrected chi connectivity index (χ1v) is 18.8. The standard InChI is InChI=1S/C53H34O4/c54-49(35-17-5-1-6-18-35)39-29-40(50(55)36-19-7-2-8-20-36)32-43(31-39)53(47-27-15-13-25-45(47)46-26-14-16-28-48(46)53)44-33-41(51(56)37-21-9-3-10-22-37)30-42(34-44)52(57)38-23-11-4-12-24-38/h1-34H. The van der Waals surface area contributed by atoms with Gasteiger partial charge in [-0.05, 0) is 69.8 Å². The molecule has 0 aliphatic heterocycles. The third-order valence-corrected chi connectivity index (χ3v) is 10.9. The first-order chi connectivity index (χ1) is 27.9. The van der Waals surface area contributed by atoms with E-state index in [0.717, 1.165) is 22.3 Å². The van der Waals surface area contributed by atoms with Crippen LogP contribution in [0.2, 0.25) is 0 Å². The molecule has 0 aromatic heterocycles. The lowest BCUT2D eigenvalue weighted by Crippen LogP contribution is -2.30. The predicted molar refractivity (Wildman–Crippen MR) is 223 cm³/mol. The highest BCUT2D eigenvalue weighted by Crippen LogP contribution is 2.56. The average Bonchev–Trinajstić information content (AvgIpc) is 3.60. The number of hydrogen-bond donors (Lipinski definition) is 0. The largest absolute Gasteiger partial charge is 0.289 e. The SMILES string of the molecule is O=C(c1ccccc1)c1cc(C(=O)c2ccccc2)cc(C2(c3cc(C(=O)c4ccccc4)cc(C(=O)c4ccccc4)c3)c3ccccc3-c3ccccc32)c1. The van der Waals surface area contributed by atoms with Crippen LogP contribution in [0, 0.1) is 0 Å². The summed E-state index contributed by atoms with van der Waals surface area (Å²) in [5, 5.41) is 0. The highest BCUT2D eigenvalue weighted by Gasteiger charge is 2.47. The zero-order chi connectivity index (χ0) is 38.9. The molecular weight excluding hydrogens is 701 g/mol. The third kappa shape index (κ3) is 6.14. The summed E-state index contributed by atoms with van der Waals surface area (Å²) in [6.07, 6.45) is 0. The second-order valence-electron chi connectivity index (χ2n) is 14.2. The molecule has 0 fully saturated rings. The van der Waals surface area contributed by atoms with Gasteiger partial charge in [0.25, 0.3) is 0 Å². The molecule has 0 saturated carbocycles. The molecule has 0 heterocycles. The topological polar surface area (TPSA) is 68.3 Å². The first-order valence-electron chi connectivity index (χ1n) is 18.8. The number of hydrogen-bond acceptors (Lipinski definition) is 4. The Balaban J connectivity index is 1.39. The van der Waals surface area contributed by atoms with Crippen molar-refractivity contribution < 1.29 is 19.2 Å². The molecule has 0 spiro atoms. The van der Waals surface area contributed by atoms with Gasteiger partial charge in [-0.2, -0.15) is 0 Å². The average molecular weight is 735 g/mol. The Morgan fingerprint density at radius 2 is 0.509 bits per heavy atom. The van der Waals surface area contributed by atoms with Gasteiger partial charge in [-0.25, -0.2) is 0 Å². The maximum atomic E-state index is 14.5. The van der Waals surface area contributed by atoms with Gasteiger partial charge in [0.05, 0.1) is 5.41 Å². The Morgan fingerprint density at radius 3 is 0.789 bits per heavy atom. The molecule has 57 heavy (non-hydrogen) atoms. The minimum Gasteiger partial charge on any atom is -0.289 e. The molecule has 4 heteroatoms. The number of rotatable bonds is 10. The fourth-order valence-corrected chi connectivity index (χ4v) is 8.26. The first kappa shape index (κ1) is 35.2. The summed E-state index contributed by atoms with van der Waals surface area (Å²) in [4.78, 5) is 57.8. The summed E-state index contributed by atoms with van der Waals surface area (Å²) in [5.41, 5.74) is 7.20. The molecule has 4 nitrogen and oxygen atoms in total. The Labute approximate surface area is 330 Å². The molecule has 0 radical (unpaired) electrons. The molecule has 8 aromatic rings. The number of ketones is 4. The summed E-state index contributed by atoms with van der Waals surface area (Å²) in [6, 6.07) is 63.2. The molecule has 8 aromatic carbocycles. The number of carbonyl (C=O) groups excluding carboxylic acids is 4. The third-order valence-electron chi connectivity index (χ3n) is 10.9. The lowest BCUT2D eigenvalue weighted by molar-refractivity contribution is 0.102. The quantitative estimate of drug-likeness (QED) is 0.131. The van der Waals surface area contributed by atoms with E-state index in [-0.39, 0.29) is 23.1 Å². The van der Waals surface area contributed by atoms with Gasteiger partial charge in [0.2, 0.25) is 0 Å². The van der Waals surface area contributed by atoms with Gasteiger partial charge in [-0.1, -0.05) is 170 Å². The summed E-state index contributed by atoms with van der Waals surface area (Å²) < 4.78 is 0. The van der Waals surface area contributed by atoms with Gasteiger partial charge in [-0.3, -0.25) is 19.2 Å². The smallest absolute Gasteiger partial charge is 0.193 e. The monoisotopic (exact) mass is 734 g/mol. The minimum absolute atomic E-state index is 0.234. The van der Waals surface area contributed by atoms with Crippen LogP contribution in [-0.4, -0.2) is 23.1 Å². The van der Waals surface area contributed by atoms with E-state index in [2.05, 4.69) is 24.3 Å². The highest BCUT2D eigenvalue weighted by atomic mass is 16.1. The number of benzene rings is 8. The maximum absolute atomic E-state index is 14.5. The summed E-state index contributed by atoms with van der Waals surface area (Å²) >= 11 is 0. The predicted octanol–water partition coefficient (Wildman–Crippen LogP) is 11.0. The van der Waals surface area contributed by atoms with Crippen LogP contribution in [0.25, 0.3) is 11.1 Å². The lowest BCUT2D eigenvalue weighted by Gasteiger charge is -2.35. The Kier molecular flexibility index (Phi) is 9.00. The van der Waals surface area contributed by atoms with E-state index in [1.807, 2.05) is 121 Å². The zero-order valence-electron chi connectivity index (χ0n) is 30.8. The molecule has 270 valence electrons. The van der Waals surface area contributed by atoms with E-state index in [1.54, 1.807) is 60.7 Å². The molecule has 9 rings (SSSR count). The molecule has 0 bridgehead atoms. The Morgan fingerprint density at radius 1 is 0.263 bits per heavy atom. The van der Waals surface area contributed by atoms with Crippen molar-refractivity contribution in [3.05, 3.63) is 273 Å². The van der Waals surface area contributed by atoms with Crippen molar-refractivity contribution in [3.63, 3.8) is 0 Å². The minimum atomic E-state index is -1.18. The van der Waals surface area contributed by atoms with Crippen LogP contribution in [0.5, 0.6) is 0 Å². The normalized spacial score (nSPS) is 12.3. The van der Waals surface area contributed by atoms with Crippen LogP contribution in [0.1, 0.15) is 85.9 Å². The molecule has 0 saturated heterocycles. The molecule has 0 atom stereocenters. The van der Waals surface area contributed by atoms with Crippen molar-refractivity contribution in [3.8, 4) is 11.1 Å². The van der Waals surface area contributed by atoms with Crippen LogP contribution in [-0.2, 0) is 5.41 Å². The summed E-state index contributed by atoms with van der Waals surface area (Å²) in [7, 11) is 0. The lowest BCUT2D eigenvalue weighted by atomic mass is 9.66. The fourth-order valence-electron chi connectivity index (χ4n) is 8.26. The zero-order valence-corrected chi connectivity index (χ0v) is 30.8. The highest BCUT2D eigenvalue weighted by molar-refractivity contribution is 6.15. The molecule has 0 N–H and O–H groups in total. The van der Waals surface area contributed by atoms with Crippen LogP contribution in [0.3, 0.4) is 0 Å². The van der Waals surface area contributed by atoms with Crippen molar-refractivity contribution in [1.82, 2.24) is 0 Å². The van der Waals surface area contributed by atoms with E-state index in [4.69, 9.17) is 0 Å². The Hall–Kier alpha value is -7.56. The van der Waals surface area contributed by atoms with Gasteiger partial charge in [0.15, 0.2) is 23.1 Å². The maximum Gasteiger partial charge on any atom is 0.193 e. The number of carbonyl (C=O) groups is 4. The van der Waals surface area contributed by atoms with Crippen molar-refractivity contribution >= 4 is 23.1 Å². The van der Waals surface area contributed by atoms with E-state index in [0.29, 0.717) is 55.6 Å². The van der Waals surface area contributed by atoms with Gasteiger partial charge < -0.3 is 0 Å². The van der Waals surface area contributed by atoms with Gasteiger partial charge in [0, 0.05) is 44.5 Å². The van der Waals surface area contributed by atoms with Crippen LogP contribution in [0.4, 0.5) is 0 Å². The molecule has 0 unspecified atom stereocenters. The van der Waals surface area contributed by atoms with Crippen LogP contribution < -0.4 is 0 Å². The van der Waals surface area contributed by atoms with E-state index >= 15 is 0 Å². The van der Waals surface area contributed by atoms with E-state index in [9.17, 15) is 19.2 Å². The van der Waals surface area contributed by atoms with E-state index < -0.39 is 5.41 Å². The van der Waals surface area contributed by atoms with E-state index in [1.165, 1.54) is 0 Å². The molecule has 1 aliphatic rings. The number of fused-ring (bicyclic) bond motifs is 3. The van der Waals surface area contributed by atoms with Crippen molar-refractivity contribution in [2.75, 3.05) is 0 Å².